The average molecular weight is 258 g/mol. The molecule has 4 heteroatoms. The van der Waals surface area contributed by atoms with E-state index in [1.807, 2.05) is 18.2 Å². The van der Waals surface area contributed by atoms with Crippen molar-refractivity contribution < 1.29 is 9.53 Å². The molecule has 2 heterocycles. The molecule has 1 fully saturated rings. The molecule has 0 amide bonds. The average Bonchev–Trinajstić information content (AvgIpc) is 2.69. The summed E-state index contributed by atoms with van der Waals surface area (Å²) in [5.41, 5.74) is 2.36. The van der Waals surface area contributed by atoms with Gasteiger partial charge in [0, 0.05) is 36.6 Å². The van der Waals surface area contributed by atoms with E-state index in [1.54, 1.807) is 0 Å². The zero-order valence-electron chi connectivity index (χ0n) is 11.1. The Kier molecular flexibility index (Phi) is 3.25. The largest absolute Gasteiger partial charge is 0.427 e. The van der Waals surface area contributed by atoms with Gasteiger partial charge in [-0.15, -0.1) is 0 Å². The van der Waals surface area contributed by atoms with Gasteiger partial charge in [0.15, 0.2) is 0 Å². The lowest BCUT2D eigenvalue weighted by atomic mass is 10.1. The third-order valence-electron chi connectivity index (χ3n) is 3.65. The van der Waals surface area contributed by atoms with Crippen LogP contribution >= 0.6 is 0 Å². The number of hydrogen-bond donors (Lipinski definition) is 1. The molecule has 1 aromatic carbocycles. The highest BCUT2D eigenvalue weighted by molar-refractivity contribution is 5.85. The minimum Gasteiger partial charge on any atom is -0.427 e. The van der Waals surface area contributed by atoms with Crippen LogP contribution in [0.3, 0.4) is 0 Å². The quantitative estimate of drug-likeness (QED) is 0.676. The van der Waals surface area contributed by atoms with Crippen LogP contribution in [0.25, 0.3) is 10.9 Å². The van der Waals surface area contributed by atoms with E-state index in [1.165, 1.54) is 37.4 Å². The first-order valence-corrected chi connectivity index (χ1v) is 6.73. The summed E-state index contributed by atoms with van der Waals surface area (Å²) < 4.78 is 5.09. The Hall–Kier alpha value is -1.81. The molecule has 1 N–H and O–H groups in total. The molecule has 1 aliphatic rings. The van der Waals surface area contributed by atoms with Crippen LogP contribution < -0.4 is 4.74 Å². The van der Waals surface area contributed by atoms with Crippen molar-refractivity contribution in [3.8, 4) is 5.75 Å². The molecule has 3 rings (SSSR count). The minimum atomic E-state index is -0.288. The van der Waals surface area contributed by atoms with Gasteiger partial charge in [0.05, 0.1) is 0 Å². The molecule has 19 heavy (non-hydrogen) atoms. The minimum absolute atomic E-state index is 0.288. The highest BCUT2D eigenvalue weighted by atomic mass is 16.5. The molecule has 1 aromatic heterocycles. The Balaban J connectivity index is 1.76. The van der Waals surface area contributed by atoms with E-state index < -0.39 is 0 Å². The van der Waals surface area contributed by atoms with Gasteiger partial charge in [-0.3, -0.25) is 4.79 Å². The second kappa shape index (κ2) is 5.05. The fourth-order valence-electron chi connectivity index (χ4n) is 2.49. The number of likely N-dealkylation sites (tertiary alicyclic amines) is 1. The molecule has 2 aromatic rings. The summed E-state index contributed by atoms with van der Waals surface area (Å²) in [5, 5.41) is 1.22. The Bertz CT molecular complexity index is 599. The lowest BCUT2D eigenvalue weighted by molar-refractivity contribution is -0.131. The van der Waals surface area contributed by atoms with Gasteiger partial charge in [0.2, 0.25) is 0 Å². The lowest BCUT2D eigenvalue weighted by Crippen LogP contribution is -2.38. The Morgan fingerprint density at radius 3 is 2.95 bits per heavy atom. The summed E-state index contributed by atoms with van der Waals surface area (Å²) in [7, 11) is 0. The predicted octanol–water partition coefficient (Wildman–Crippen LogP) is 2.34. The third kappa shape index (κ3) is 2.63. The number of H-pyrrole nitrogens is 1. The number of fused-ring (bicyclic) bond motifs is 1. The molecular formula is C15H18N2O2. The predicted molar refractivity (Wildman–Crippen MR) is 74.4 cm³/mol. The van der Waals surface area contributed by atoms with Crippen molar-refractivity contribution in [3.05, 3.63) is 30.0 Å². The van der Waals surface area contributed by atoms with Gasteiger partial charge in [-0.2, -0.15) is 0 Å². The van der Waals surface area contributed by atoms with Crippen molar-refractivity contribution in [2.75, 3.05) is 19.6 Å². The highest BCUT2D eigenvalue weighted by Gasteiger charge is 2.14. The fraction of sp³-hybridized carbons (Fsp3) is 0.400. The smallest absolute Gasteiger partial charge is 0.308 e. The number of aromatic amines is 1. The van der Waals surface area contributed by atoms with Gasteiger partial charge in [-0.25, -0.2) is 0 Å². The van der Waals surface area contributed by atoms with Crippen molar-refractivity contribution >= 4 is 16.9 Å². The lowest BCUT2D eigenvalue weighted by Gasteiger charge is -2.30. The van der Waals surface area contributed by atoms with Gasteiger partial charge in [0.1, 0.15) is 5.75 Å². The fourth-order valence-corrected chi connectivity index (χ4v) is 2.49. The van der Waals surface area contributed by atoms with E-state index in [-0.39, 0.29) is 5.97 Å². The number of nitrogens with zero attached hydrogens (tertiary/aromatic N) is 1. The van der Waals surface area contributed by atoms with Crippen LogP contribution in [0.4, 0.5) is 0 Å². The van der Waals surface area contributed by atoms with Gasteiger partial charge >= 0.3 is 5.97 Å². The van der Waals surface area contributed by atoms with Crippen molar-refractivity contribution in [2.24, 2.45) is 0 Å². The van der Waals surface area contributed by atoms with Crippen LogP contribution in [0.2, 0.25) is 0 Å². The maximum Gasteiger partial charge on any atom is 0.308 e. The molecule has 0 bridgehead atoms. The maximum atomic E-state index is 10.9. The molecule has 0 radical (unpaired) electrons. The Labute approximate surface area is 112 Å². The summed E-state index contributed by atoms with van der Waals surface area (Å²) in [6.07, 6.45) is 4.45. The van der Waals surface area contributed by atoms with E-state index in [9.17, 15) is 4.79 Å². The molecule has 0 aliphatic carbocycles. The zero-order valence-corrected chi connectivity index (χ0v) is 11.1. The summed E-state index contributed by atoms with van der Waals surface area (Å²) in [5.74, 6) is 0.306. The highest BCUT2D eigenvalue weighted by Crippen LogP contribution is 2.24. The van der Waals surface area contributed by atoms with Crippen molar-refractivity contribution in [1.29, 1.82) is 0 Å². The Morgan fingerprint density at radius 1 is 1.42 bits per heavy atom. The van der Waals surface area contributed by atoms with E-state index in [4.69, 9.17) is 4.74 Å². The molecule has 4 nitrogen and oxygen atoms in total. The van der Waals surface area contributed by atoms with Crippen LogP contribution in [0, 0.1) is 0 Å². The molecule has 1 aliphatic heterocycles. The number of ether oxygens (including phenoxy) is 1. The van der Waals surface area contributed by atoms with Gasteiger partial charge < -0.3 is 14.6 Å². The monoisotopic (exact) mass is 258 g/mol. The Morgan fingerprint density at radius 2 is 2.26 bits per heavy atom. The molecule has 1 saturated heterocycles. The maximum absolute atomic E-state index is 10.9. The summed E-state index contributed by atoms with van der Waals surface area (Å²) in [4.78, 5) is 16.6. The molecule has 0 spiro atoms. The molecule has 100 valence electrons. The standard InChI is InChI=1S/C15H18N2O2/c1-11(18)19-13-3-4-14-12(10-16-15(14)9-13)5-8-17-6-2-7-17/h3-4,9-10,16H,2,5-8H2,1H3. The molecule has 0 atom stereocenters. The number of carbonyl (C=O) groups excluding carboxylic acids is 1. The van der Waals surface area contributed by atoms with Crippen molar-refractivity contribution in [2.45, 2.75) is 19.8 Å². The number of rotatable bonds is 4. The molecule has 0 unspecified atom stereocenters. The SMILES string of the molecule is CC(=O)Oc1ccc2c(CCN3CCC3)c[nH]c2c1. The first-order chi connectivity index (χ1) is 9.22. The van der Waals surface area contributed by atoms with Crippen LogP contribution in [0.1, 0.15) is 18.9 Å². The number of carbonyl (C=O) groups is 1. The number of benzene rings is 1. The third-order valence-corrected chi connectivity index (χ3v) is 3.65. The van der Waals surface area contributed by atoms with Crippen LogP contribution in [0.5, 0.6) is 5.75 Å². The summed E-state index contributed by atoms with van der Waals surface area (Å²) in [6, 6.07) is 5.75. The van der Waals surface area contributed by atoms with Gasteiger partial charge in [-0.05, 0) is 43.6 Å². The zero-order chi connectivity index (χ0) is 13.2. The first kappa shape index (κ1) is 12.2. The van der Waals surface area contributed by atoms with E-state index >= 15 is 0 Å². The van der Waals surface area contributed by atoms with Crippen molar-refractivity contribution in [1.82, 2.24) is 9.88 Å². The van der Waals surface area contributed by atoms with Crippen molar-refractivity contribution in [3.63, 3.8) is 0 Å². The summed E-state index contributed by atoms with van der Waals surface area (Å²) >= 11 is 0. The van der Waals surface area contributed by atoms with E-state index in [0.29, 0.717) is 5.75 Å². The summed E-state index contributed by atoms with van der Waals surface area (Å²) in [6.45, 7) is 5.01. The topological polar surface area (TPSA) is 45.3 Å². The molecule has 0 saturated carbocycles. The van der Waals surface area contributed by atoms with Crippen LogP contribution in [-0.2, 0) is 11.2 Å². The number of nitrogens with one attached hydrogen (secondary N) is 1. The van der Waals surface area contributed by atoms with Crippen LogP contribution in [0.15, 0.2) is 24.4 Å². The first-order valence-electron chi connectivity index (χ1n) is 6.73. The van der Waals surface area contributed by atoms with Crippen LogP contribution in [-0.4, -0.2) is 35.5 Å². The molecular weight excluding hydrogens is 240 g/mol. The van der Waals surface area contributed by atoms with Gasteiger partial charge in [-0.1, -0.05) is 0 Å². The van der Waals surface area contributed by atoms with E-state index in [2.05, 4.69) is 16.1 Å². The van der Waals surface area contributed by atoms with E-state index in [0.717, 1.165) is 18.5 Å². The number of hydrogen-bond acceptors (Lipinski definition) is 3. The second-order valence-electron chi connectivity index (χ2n) is 5.06. The normalized spacial score (nSPS) is 15.4. The number of aromatic nitrogens is 1. The van der Waals surface area contributed by atoms with Gasteiger partial charge in [0.25, 0.3) is 0 Å². The number of esters is 1. The second-order valence-corrected chi connectivity index (χ2v) is 5.06.